The zero-order valence-corrected chi connectivity index (χ0v) is 30.3. The second-order valence-electron chi connectivity index (χ2n) is 13.9. The number of benzene rings is 8. The van der Waals surface area contributed by atoms with Crippen molar-refractivity contribution >= 4 is 83.5 Å². The Morgan fingerprint density at radius 1 is 0.321 bits per heavy atom. The highest BCUT2D eigenvalue weighted by Gasteiger charge is 2.23. The van der Waals surface area contributed by atoms with Gasteiger partial charge in [-0.2, -0.15) is 0 Å². The molecule has 0 aliphatic rings. The van der Waals surface area contributed by atoms with Crippen LogP contribution in [0, 0.1) is 0 Å². The molecule has 11 aromatic rings. The molecule has 0 saturated carbocycles. The number of fused-ring (bicyclic) bond motifs is 8. The highest BCUT2D eigenvalue weighted by Crippen LogP contribution is 2.43. The Labute approximate surface area is 323 Å². The lowest BCUT2D eigenvalue weighted by molar-refractivity contribution is 0.979. The van der Waals surface area contributed by atoms with Crippen molar-refractivity contribution in [3.05, 3.63) is 206 Å². The van der Waals surface area contributed by atoms with Crippen molar-refractivity contribution in [1.82, 2.24) is 18.9 Å². The normalized spacial score (nSPS) is 11.6. The van der Waals surface area contributed by atoms with Gasteiger partial charge in [0.05, 0.1) is 27.6 Å². The van der Waals surface area contributed by atoms with Crippen molar-refractivity contribution in [2.45, 2.75) is 0 Å². The molecule has 0 radical (unpaired) electrons. The van der Waals surface area contributed by atoms with E-state index >= 15 is 0 Å². The zero-order valence-electron chi connectivity index (χ0n) is 30.3. The molecule has 0 aliphatic heterocycles. The highest BCUT2D eigenvalue weighted by atomic mass is 15.2. The first kappa shape index (κ1) is 31.8. The minimum absolute atomic E-state index is 0.777. The van der Waals surface area contributed by atoms with Crippen molar-refractivity contribution in [2.24, 2.45) is 0 Å². The van der Waals surface area contributed by atoms with E-state index in [4.69, 9.17) is 9.97 Å². The van der Waals surface area contributed by atoms with E-state index in [9.17, 15) is 0 Å². The van der Waals surface area contributed by atoms with Crippen LogP contribution in [0.15, 0.2) is 206 Å². The molecular formula is C50H34N6. The molecule has 0 N–H and O–H groups in total. The van der Waals surface area contributed by atoms with Crippen LogP contribution in [-0.2, 0) is 0 Å². The molecule has 3 heterocycles. The Morgan fingerprint density at radius 3 is 1.25 bits per heavy atom. The molecule has 0 atom stereocenters. The van der Waals surface area contributed by atoms with Crippen molar-refractivity contribution in [3.63, 3.8) is 0 Å². The van der Waals surface area contributed by atoms with Gasteiger partial charge < -0.3 is 9.80 Å². The maximum atomic E-state index is 5.51. The zero-order chi connectivity index (χ0) is 37.0. The van der Waals surface area contributed by atoms with E-state index in [-0.39, 0.29) is 0 Å². The van der Waals surface area contributed by atoms with E-state index in [1.165, 1.54) is 0 Å². The van der Waals surface area contributed by atoms with Crippen LogP contribution in [0.5, 0.6) is 0 Å². The molecule has 0 spiro atoms. The number of anilines is 6. The molecule has 0 aliphatic carbocycles. The number of hydrogen-bond acceptors (Lipinski definition) is 4. The highest BCUT2D eigenvalue weighted by molar-refractivity contribution is 6.12. The summed E-state index contributed by atoms with van der Waals surface area (Å²) in [6.45, 7) is 0. The Bertz CT molecular complexity index is 2970. The minimum Gasteiger partial charge on any atom is -0.310 e. The average molecular weight is 719 g/mol. The van der Waals surface area contributed by atoms with Gasteiger partial charge in [-0.1, -0.05) is 109 Å². The van der Waals surface area contributed by atoms with E-state index in [1.807, 2.05) is 6.07 Å². The number of nitrogens with zero attached hydrogens (tertiary/aromatic N) is 6. The average Bonchev–Trinajstić information content (AvgIpc) is 3.81. The first-order valence-electron chi connectivity index (χ1n) is 18.9. The van der Waals surface area contributed by atoms with Gasteiger partial charge in [-0.3, -0.25) is 8.97 Å². The quantitative estimate of drug-likeness (QED) is 0.165. The van der Waals surface area contributed by atoms with Crippen molar-refractivity contribution < 1.29 is 0 Å². The van der Waals surface area contributed by atoms with Gasteiger partial charge in [0.1, 0.15) is 5.65 Å². The van der Waals surface area contributed by atoms with Crippen LogP contribution in [0.25, 0.3) is 55.3 Å². The number of para-hydroxylation sites is 7. The fraction of sp³-hybridized carbons (Fsp3) is 0. The number of imidazole rings is 1. The van der Waals surface area contributed by atoms with E-state index in [2.05, 4.69) is 219 Å². The number of hydrogen-bond donors (Lipinski definition) is 0. The molecule has 0 bridgehead atoms. The maximum Gasteiger partial charge on any atom is 0.221 e. The monoisotopic (exact) mass is 718 g/mol. The molecule has 6 heteroatoms. The maximum absolute atomic E-state index is 5.51. The summed E-state index contributed by atoms with van der Waals surface area (Å²) in [5, 5.41) is 3.28. The molecule has 0 saturated heterocycles. The third kappa shape index (κ3) is 5.11. The van der Waals surface area contributed by atoms with Crippen molar-refractivity contribution in [3.8, 4) is 5.95 Å². The fourth-order valence-corrected chi connectivity index (χ4v) is 8.17. The third-order valence-corrected chi connectivity index (χ3v) is 10.6. The summed E-state index contributed by atoms with van der Waals surface area (Å²) >= 11 is 0. The predicted molar refractivity (Wildman–Crippen MR) is 232 cm³/mol. The predicted octanol–water partition coefficient (Wildman–Crippen LogP) is 13.1. The molecule has 6 nitrogen and oxygen atoms in total. The summed E-state index contributed by atoms with van der Waals surface area (Å²) in [5.74, 6) is 0.777. The first-order valence-corrected chi connectivity index (χ1v) is 18.9. The van der Waals surface area contributed by atoms with Crippen molar-refractivity contribution in [1.29, 1.82) is 0 Å². The standard InChI is InChI=1S/C50H34N6/c1-5-17-35(18-6-1)53(36-19-7-2-8-20-36)39-29-31-41-42-32-30-40(54(37-21-9-3-10-22-37)38-23-11-4-12-24-38)34-48(42)55(47(41)33-39)50-52-44-26-14-13-25-43(44)49-51-45-27-15-16-28-46(45)56(49)50/h1-34H. The molecule has 264 valence electrons. The lowest BCUT2D eigenvalue weighted by Gasteiger charge is -2.26. The van der Waals surface area contributed by atoms with Gasteiger partial charge in [-0.25, -0.2) is 9.97 Å². The van der Waals surface area contributed by atoms with Gasteiger partial charge >= 0.3 is 0 Å². The van der Waals surface area contributed by atoms with E-state index in [0.717, 1.165) is 89.5 Å². The largest absolute Gasteiger partial charge is 0.310 e. The van der Waals surface area contributed by atoms with Crippen LogP contribution in [0.4, 0.5) is 34.1 Å². The smallest absolute Gasteiger partial charge is 0.221 e. The first-order chi connectivity index (χ1) is 27.8. The van der Waals surface area contributed by atoms with Gasteiger partial charge in [0.15, 0.2) is 0 Å². The summed E-state index contributed by atoms with van der Waals surface area (Å²) in [7, 11) is 0. The molecule has 0 fully saturated rings. The summed E-state index contributed by atoms with van der Waals surface area (Å²) < 4.78 is 4.57. The Morgan fingerprint density at radius 2 is 0.750 bits per heavy atom. The second kappa shape index (κ2) is 13.0. The molecule has 0 unspecified atom stereocenters. The van der Waals surface area contributed by atoms with Gasteiger partial charge in [0.2, 0.25) is 5.95 Å². The lowest BCUT2D eigenvalue weighted by Crippen LogP contribution is -2.11. The van der Waals surface area contributed by atoms with Gasteiger partial charge in [0, 0.05) is 50.3 Å². The Balaban J connectivity index is 1.26. The molecule has 56 heavy (non-hydrogen) atoms. The number of rotatable bonds is 7. The molecular weight excluding hydrogens is 685 g/mol. The summed E-state index contributed by atoms with van der Waals surface area (Å²) in [5.41, 5.74) is 12.2. The van der Waals surface area contributed by atoms with Crippen LogP contribution in [-0.4, -0.2) is 18.9 Å². The van der Waals surface area contributed by atoms with E-state index in [0.29, 0.717) is 0 Å². The van der Waals surface area contributed by atoms with E-state index in [1.54, 1.807) is 0 Å². The van der Waals surface area contributed by atoms with E-state index < -0.39 is 0 Å². The lowest BCUT2D eigenvalue weighted by atomic mass is 10.1. The second-order valence-corrected chi connectivity index (χ2v) is 13.9. The van der Waals surface area contributed by atoms with Crippen LogP contribution >= 0.6 is 0 Å². The van der Waals surface area contributed by atoms with Crippen LogP contribution in [0.3, 0.4) is 0 Å². The topological polar surface area (TPSA) is 41.6 Å². The van der Waals surface area contributed by atoms with Crippen LogP contribution < -0.4 is 9.80 Å². The molecule has 8 aromatic carbocycles. The van der Waals surface area contributed by atoms with Crippen LogP contribution in [0.1, 0.15) is 0 Å². The summed E-state index contributed by atoms with van der Waals surface area (Å²) in [6, 6.07) is 72.5. The minimum atomic E-state index is 0.777. The molecule has 11 rings (SSSR count). The Hall–Kier alpha value is -7.70. The molecule has 0 amide bonds. The van der Waals surface area contributed by atoms with Crippen molar-refractivity contribution in [2.75, 3.05) is 9.80 Å². The Kier molecular flexibility index (Phi) is 7.38. The van der Waals surface area contributed by atoms with Gasteiger partial charge in [-0.05, 0) is 97.1 Å². The van der Waals surface area contributed by atoms with Gasteiger partial charge in [0.25, 0.3) is 0 Å². The molecule has 3 aromatic heterocycles. The fourth-order valence-electron chi connectivity index (χ4n) is 8.17. The summed E-state index contributed by atoms with van der Waals surface area (Å²) in [6.07, 6.45) is 0. The number of aromatic nitrogens is 4. The third-order valence-electron chi connectivity index (χ3n) is 10.6. The van der Waals surface area contributed by atoms with Gasteiger partial charge in [-0.15, -0.1) is 0 Å². The summed E-state index contributed by atoms with van der Waals surface area (Å²) in [4.78, 5) is 15.4. The SMILES string of the molecule is c1ccc(N(c2ccccc2)c2ccc3c4ccc(N(c5ccccc5)c5ccccc5)cc4n(-c4nc5ccccc5c5nc6ccccc6n45)c3c2)cc1. The van der Waals surface area contributed by atoms with Crippen LogP contribution in [0.2, 0.25) is 0 Å².